The Morgan fingerprint density at radius 2 is 2.03 bits per heavy atom. The molecule has 0 fully saturated rings. The van der Waals surface area contributed by atoms with Crippen LogP contribution in [0.25, 0.3) is 22.3 Å². The van der Waals surface area contributed by atoms with E-state index in [4.69, 9.17) is 0 Å². The minimum Gasteiger partial charge on any atom is -0.352 e. The Balaban J connectivity index is 1.44. The number of hydrogen-bond donors (Lipinski definition) is 2. The lowest BCUT2D eigenvalue weighted by Crippen LogP contribution is -2.24. The number of imidazole rings is 1. The minimum absolute atomic E-state index is 0.110. The molecule has 4 aromatic rings. The van der Waals surface area contributed by atoms with E-state index in [9.17, 15) is 9.59 Å². The number of aromatic amines is 1. The largest absolute Gasteiger partial charge is 0.352 e. The van der Waals surface area contributed by atoms with Crippen molar-refractivity contribution in [1.82, 2.24) is 24.8 Å². The molecule has 1 aromatic carbocycles. The summed E-state index contributed by atoms with van der Waals surface area (Å²) >= 11 is 0. The molecule has 4 rings (SSSR count). The average Bonchev–Trinajstić information content (AvgIpc) is 3.05. The van der Waals surface area contributed by atoms with Gasteiger partial charge in [-0.3, -0.25) is 19.3 Å². The number of carbonyl (C=O) groups is 1. The summed E-state index contributed by atoms with van der Waals surface area (Å²) in [5, 5.41) is 2.96. The van der Waals surface area contributed by atoms with E-state index >= 15 is 0 Å². The molecule has 7 heteroatoms. The highest BCUT2D eigenvalue weighted by atomic mass is 16.2. The van der Waals surface area contributed by atoms with Crippen LogP contribution in [0.2, 0.25) is 0 Å². The molecule has 2 N–H and O–H groups in total. The first-order chi connectivity index (χ1) is 14.1. The van der Waals surface area contributed by atoms with Crippen molar-refractivity contribution in [1.29, 1.82) is 0 Å². The normalized spacial score (nSPS) is 10.9. The van der Waals surface area contributed by atoms with Crippen molar-refractivity contribution in [3.63, 3.8) is 0 Å². The number of fused-ring (bicyclic) bond motifs is 1. The summed E-state index contributed by atoms with van der Waals surface area (Å²) in [6, 6.07) is 13.2. The molecule has 29 heavy (non-hydrogen) atoms. The molecule has 0 saturated carbocycles. The van der Waals surface area contributed by atoms with Crippen molar-refractivity contribution in [2.24, 2.45) is 7.05 Å². The summed E-state index contributed by atoms with van der Waals surface area (Å²) in [4.78, 5) is 35.4. The van der Waals surface area contributed by atoms with Crippen molar-refractivity contribution < 1.29 is 4.79 Å². The Bertz CT molecular complexity index is 1210. The lowest BCUT2D eigenvalue weighted by molar-refractivity contribution is 0.0953. The molecule has 0 bridgehead atoms. The minimum atomic E-state index is -0.205. The van der Waals surface area contributed by atoms with Crippen molar-refractivity contribution >= 4 is 17.1 Å². The number of aryl methyl sites for hydroxylation is 2. The van der Waals surface area contributed by atoms with Gasteiger partial charge in [-0.25, -0.2) is 9.78 Å². The van der Waals surface area contributed by atoms with Gasteiger partial charge in [-0.1, -0.05) is 18.2 Å². The maximum absolute atomic E-state index is 12.5. The van der Waals surface area contributed by atoms with Crippen LogP contribution in [0.3, 0.4) is 0 Å². The Labute approximate surface area is 167 Å². The second-order valence-electron chi connectivity index (χ2n) is 6.88. The smallest absolute Gasteiger partial charge is 0.327 e. The van der Waals surface area contributed by atoms with Gasteiger partial charge in [0.1, 0.15) is 0 Å². The zero-order chi connectivity index (χ0) is 20.2. The van der Waals surface area contributed by atoms with Gasteiger partial charge in [-0.2, -0.15) is 0 Å². The van der Waals surface area contributed by atoms with Crippen LogP contribution < -0.4 is 11.0 Å². The van der Waals surface area contributed by atoms with Crippen molar-refractivity contribution in [3.05, 3.63) is 82.7 Å². The van der Waals surface area contributed by atoms with Crippen molar-refractivity contribution in [2.45, 2.75) is 12.8 Å². The molecule has 0 radical (unpaired) electrons. The molecule has 7 nitrogen and oxygen atoms in total. The lowest BCUT2D eigenvalue weighted by atomic mass is 10.0. The number of hydrogen-bond acceptors (Lipinski definition) is 4. The number of H-pyrrole nitrogens is 1. The first-order valence-corrected chi connectivity index (χ1v) is 9.44. The second-order valence-corrected chi connectivity index (χ2v) is 6.88. The fourth-order valence-electron chi connectivity index (χ4n) is 3.24. The second kappa shape index (κ2) is 8.10. The third kappa shape index (κ3) is 4.08. The molecule has 3 aromatic heterocycles. The molecular weight excluding hydrogens is 366 g/mol. The number of nitrogens with one attached hydrogen (secondary N) is 2. The van der Waals surface area contributed by atoms with Gasteiger partial charge in [0.05, 0.1) is 5.52 Å². The van der Waals surface area contributed by atoms with E-state index < -0.39 is 0 Å². The molecule has 0 aliphatic carbocycles. The average molecular weight is 387 g/mol. The van der Waals surface area contributed by atoms with Crippen LogP contribution in [0.4, 0.5) is 0 Å². The summed E-state index contributed by atoms with van der Waals surface area (Å²) in [5.41, 5.74) is 4.53. The van der Waals surface area contributed by atoms with Crippen LogP contribution in [0, 0.1) is 0 Å². The van der Waals surface area contributed by atoms with Crippen LogP contribution in [0.15, 0.2) is 65.8 Å². The predicted molar refractivity (Wildman–Crippen MR) is 112 cm³/mol. The quantitative estimate of drug-likeness (QED) is 0.498. The van der Waals surface area contributed by atoms with Crippen LogP contribution >= 0.6 is 0 Å². The Hall–Kier alpha value is -3.74. The monoisotopic (exact) mass is 387 g/mol. The number of pyridine rings is 2. The molecule has 0 atom stereocenters. The summed E-state index contributed by atoms with van der Waals surface area (Å²) in [5.74, 6) is -0.110. The van der Waals surface area contributed by atoms with E-state index in [1.165, 1.54) is 4.57 Å². The van der Waals surface area contributed by atoms with Crippen molar-refractivity contribution in [3.8, 4) is 11.1 Å². The predicted octanol–water partition coefficient (Wildman–Crippen LogP) is 2.69. The molecule has 0 spiro atoms. The van der Waals surface area contributed by atoms with Crippen LogP contribution in [-0.4, -0.2) is 32.0 Å². The highest BCUT2D eigenvalue weighted by molar-refractivity contribution is 5.95. The van der Waals surface area contributed by atoms with Gasteiger partial charge >= 0.3 is 5.69 Å². The maximum Gasteiger partial charge on any atom is 0.327 e. The van der Waals surface area contributed by atoms with Gasteiger partial charge in [-0.15, -0.1) is 0 Å². The molecule has 0 aliphatic rings. The third-order valence-electron chi connectivity index (χ3n) is 4.87. The van der Waals surface area contributed by atoms with E-state index in [0.29, 0.717) is 17.8 Å². The van der Waals surface area contributed by atoms with E-state index in [-0.39, 0.29) is 11.6 Å². The SMILES string of the molecule is Cn1c(=O)[nH]c2ncc(-c3cccc(C(=O)NCCCc4cccnc4)c3)cc21. The zero-order valence-corrected chi connectivity index (χ0v) is 16.1. The van der Waals surface area contributed by atoms with Crippen molar-refractivity contribution in [2.75, 3.05) is 6.54 Å². The number of aromatic nitrogens is 4. The van der Waals surface area contributed by atoms with E-state index in [2.05, 4.69) is 20.3 Å². The number of benzene rings is 1. The highest BCUT2D eigenvalue weighted by Crippen LogP contribution is 2.22. The van der Waals surface area contributed by atoms with Gasteiger partial charge < -0.3 is 5.32 Å². The number of nitrogens with zero attached hydrogens (tertiary/aromatic N) is 3. The topological polar surface area (TPSA) is 92.7 Å². The van der Waals surface area contributed by atoms with Gasteiger partial charge in [0, 0.05) is 43.3 Å². The third-order valence-corrected chi connectivity index (χ3v) is 4.87. The lowest BCUT2D eigenvalue weighted by Gasteiger charge is -2.08. The summed E-state index contributed by atoms with van der Waals surface area (Å²) in [6.45, 7) is 0.594. The fraction of sp³-hybridized carbons (Fsp3) is 0.182. The molecule has 3 heterocycles. The molecule has 0 unspecified atom stereocenters. The zero-order valence-electron chi connectivity index (χ0n) is 16.1. The van der Waals surface area contributed by atoms with Crippen LogP contribution in [0.5, 0.6) is 0 Å². The fourth-order valence-corrected chi connectivity index (χ4v) is 3.24. The summed E-state index contributed by atoms with van der Waals surface area (Å²) in [7, 11) is 1.70. The van der Waals surface area contributed by atoms with E-state index in [1.807, 2.05) is 42.6 Å². The molecule has 0 aliphatic heterocycles. The van der Waals surface area contributed by atoms with E-state index in [1.54, 1.807) is 25.5 Å². The Morgan fingerprint density at radius 1 is 1.14 bits per heavy atom. The Kier molecular flexibility index (Phi) is 5.20. The van der Waals surface area contributed by atoms with Gasteiger partial charge in [0.25, 0.3) is 5.91 Å². The number of rotatable bonds is 6. The Morgan fingerprint density at radius 3 is 2.86 bits per heavy atom. The van der Waals surface area contributed by atoms with Gasteiger partial charge in [0.2, 0.25) is 0 Å². The summed E-state index contributed by atoms with van der Waals surface area (Å²) in [6.07, 6.45) is 7.01. The van der Waals surface area contributed by atoms with E-state index in [0.717, 1.165) is 35.0 Å². The summed E-state index contributed by atoms with van der Waals surface area (Å²) < 4.78 is 1.52. The maximum atomic E-state index is 12.5. The van der Waals surface area contributed by atoms with Crippen LogP contribution in [-0.2, 0) is 13.5 Å². The number of carbonyl (C=O) groups excluding carboxylic acids is 1. The molecule has 1 amide bonds. The first kappa shape index (κ1) is 18.6. The highest BCUT2D eigenvalue weighted by Gasteiger charge is 2.10. The number of amides is 1. The van der Waals surface area contributed by atoms with Gasteiger partial charge in [-0.05, 0) is 48.2 Å². The standard InChI is InChI=1S/C22H21N5O2/c1-27-19-12-18(14-25-20(19)26-22(27)29)16-7-2-8-17(11-16)21(28)24-10-4-6-15-5-3-9-23-13-15/h2-3,5,7-9,11-14H,4,6,10H2,1H3,(H,24,28)(H,25,26,29). The molecule has 0 saturated heterocycles. The van der Waals surface area contributed by atoms with Crippen LogP contribution in [0.1, 0.15) is 22.3 Å². The molecular formula is C22H21N5O2. The molecule has 146 valence electrons. The van der Waals surface area contributed by atoms with Gasteiger partial charge in [0.15, 0.2) is 5.65 Å². The first-order valence-electron chi connectivity index (χ1n) is 9.44.